The van der Waals surface area contributed by atoms with Crippen LogP contribution in [0, 0.1) is 11.6 Å². The standard InChI is InChI=1S/C16H20F2N2O2/c17-12-4-1-3-11(15(12)18)16(22)20-9-7-19(8-10-20)13-5-2-6-14(13)21/h1,3-4,13-14,21H,2,5-10H2/t13-,14-/m1/s1. The highest BCUT2D eigenvalue weighted by molar-refractivity contribution is 5.94. The number of hydrogen-bond donors (Lipinski definition) is 1. The number of aliphatic hydroxyl groups is 1. The summed E-state index contributed by atoms with van der Waals surface area (Å²) in [5.74, 6) is -2.55. The molecule has 1 aromatic rings. The Balaban J connectivity index is 1.63. The molecule has 6 heteroatoms. The van der Waals surface area contributed by atoms with Crippen molar-refractivity contribution in [1.29, 1.82) is 0 Å². The van der Waals surface area contributed by atoms with Gasteiger partial charge in [-0.15, -0.1) is 0 Å². The topological polar surface area (TPSA) is 43.8 Å². The van der Waals surface area contributed by atoms with Gasteiger partial charge in [-0.3, -0.25) is 9.69 Å². The Morgan fingerprint density at radius 2 is 1.86 bits per heavy atom. The van der Waals surface area contributed by atoms with E-state index in [-0.39, 0.29) is 17.7 Å². The summed E-state index contributed by atoms with van der Waals surface area (Å²) in [6.07, 6.45) is 2.55. The highest BCUT2D eigenvalue weighted by atomic mass is 19.2. The van der Waals surface area contributed by atoms with Crippen LogP contribution >= 0.6 is 0 Å². The van der Waals surface area contributed by atoms with E-state index < -0.39 is 17.5 Å². The first-order chi connectivity index (χ1) is 10.6. The smallest absolute Gasteiger partial charge is 0.257 e. The van der Waals surface area contributed by atoms with E-state index >= 15 is 0 Å². The summed E-state index contributed by atoms with van der Waals surface area (Å²) in [6, 6.07) is 3.83. The number of aliphatic hydroxyl groups excluding tert-OH is 1. The lowest BCUT2D eigenvalue weighted by Gasteiger charge is -2.39. The van der Waals surface area contributed by atoms with E-state index in [0.717, 1.165) is 25.3 Å². The van der Waals surface area contributed by atoms with E-state index in [2.05, 4.69) is 4.90 Å². The van der Waals surface area contributed by atoms with Crippen molar-refractivity contribution in [1.82, 2.24) is 9.80 Å². The zero-order valence-electron chi connectivity index (χ0n) is 12.3. The minimum Gasteiger partial charge on any atom is -0.391 e. The quantitative estimate of drug-likeness (QED) is 0.903. The van der Waals surface area contributed by atoms with Gasteiger partial charge in [0.25, 0.3) is 5.91 Å². The van der Waals surface area contributed by atoms with E-state index in [9.17, 15) is 18.7 Å². The van der Waals surface area contributed by atoms with Crippen LogP contribution in [0.15, 0.2) is 18.2 Å². The van der Waals surface area contributed by atoms with Crippen LogP contribution in [-0.4, -0.2) is 59.1 Å². The summed E-state index contributed by atoms with van der Waals surface area (Å²) in [4.78, 5) is 16.1. The lowest BCUT2D eigenvalue weighted by Crippen LogP contribution is -2.53. The van der Waals surface area contributed by atoms with E-state index in [1.54, 1.807) is 4.90 Å². The minimum atomic E-state index is -1.08. The molecule has 1 N–H and O–H groups in total. The van der Waals surface area contributed by atoms with Gasteiger partial charge in [-0.2, -0.15) is 0 Å². The summed E-state index contributed by atoms with van der Waals surface area (Å²) in [5.41, 5.74) is -0.214. The molecule has 22 heavy (non-hydrogen) atoms. The maximum Gasteiger partial charge on any atom is 0.257 e. The molecule has 2 atom stereocenters. The van der Waals surface area contributed by atoms with Crippen molar-refractivity contribution < 1.29 is 18.7 Å². The van der Waals surface area contributed by atoms with Crippen LogP contribution in [0.4, 0.5) is 8.78 Å². The van der Waals surface area contributed by atoms with Gasteiger partial charge in [-0.25, -0.2) is 8.78 Å². The first kappa shape index (κ1) is 15.4. The molecule has 0 bridgehead atoms. The van der Waals surface area contributed by atoms with Crippen LogP contribution in [0.2, 0.25) is 0 Å². The Hall–Kier alpha value is -1.53. The van der Waals surface area contributed by atoms with Crippen LogP contribution in [0.5, 0.6) is 0 Å². The second-order valence-corrected chi connectivity index (χ2v) is 6.00. The molecule has 1 aromatic carbocycles. The molecule has 0 aromatic heterocycles. The average molecular weight is 310 g/mol. The van der Waals surface area contributed by atoms with E-state index in [4.69, 9.17) is 0 Å². The molecule has 1 aliphatic carbocycles. The van der Waals surface area contributed by atoms with Gasteiger partial charge in [0.2, 0.25) is 0 Å². The highest BCUT2D eigenvalue weighted by Gasteiger charge is 2.33. The largest absolute Gasteiger partial charge is 0.391 e. The van der Waals surface area contributed by atoms with Gasteiger partial charge in [0.05, 0.1) is 11.7 Å². The lowest BCUT2D eigenvalue weighted by molar-refractivity contribution is 0.0313. The molecular formula is C16H20F2N2O2. The number of halogens is 2. The van der Waals surface area contributed by atoms with Crippen molar-refractivity contribution >= 4 is 5.91 Å². The van der Waals surface area contributed by atoms with Gasteiger partial charge in [0.1, 0.15) is 0 Å². The Bertz CT molecular complexity index is 559. The Labute approximate surface area is 128 Å². The van der Waals surface area contributed by atoms with E-state index in [1.807, 2.05) is 0 Å². The number of hydrogen-bond acceptors (Lipinski definition) is 3. The maximum atomic E-state index is 13.7. The third-order valence-electron chi connectivity index (χ3n) is 4.70. The molecule has 0 radical (unpaired) electrons. The van der Waals surface area contributed by atoms with Gasteiger partial charge < -0.3 is 10.0 Å². The van der Waals surface area contributed by atoms with Gasteiger partial charge in [0, 0.05) is 32.2 Å². The summed E-state index contributed by atoms with van der Waals surface area (Å²) < 4.78 is 26.9. The zero-order valence-corrected chi connectivity index (χ0v) is 12.3. The normalized spacial score (nSPS) is 26.4. The SMILES string of the molecule is O=C(c1cccc(F)c1F)N1CCN([C@@H]2CCC[C@H]2O)CC1. The number of amides is 1. The molecule has 3 rings (SSSR count). The van der Waals surface area contributed by atoms with Crippen LogP contribution in [0.25, 0.3) is 0 Å². The van der Waals surface area contributed by atoms with E-state index in [1.165, 1.54) is 12.1 Å². The fraction of sp³-hybridized carbons (Fsp3) is 0.562. The first-order valence-electron chi connectivity index (χ1n) is 7.73. The number of piperazine rings is 1. The molecule has 0 unspecified atom stereocenters. The highest BCUT2D eigenvalue weighted by Crippen LogP contribution is 2.25. The number of carbonyl (C=O) groups excluding carboxylic acids is 1. The van der Waals surface area contributed by atoms with Gasteiger partial charge in [0.15, 0.2) is 11.6 Å². The van der Waals surface area contributed by atoms with Crippen molar-refractivity contribution in [3.05, 3.63) is 35.4 Å². The first-order valence-corrected chi connectivity index (χ1v) is 7.73. The molecule has 1 heterocycles. The molecule has 1 aliphatic heterocycles. The van der Waals surface area contributed by atoms with Crippen molar-refractivity contribution in [3.63, 3.8) is 0 Å². The van der Waals surface area contributed by atoms with Crippen molar-refractivity contribution in [2.24, 2.45) is 0 Å². The summed E-state index contributed by atoms with van der Waals surface area (Å²) in [5, 5.41) is 9.95. The molecule has 1 amide bonds. The molecular weight excluding hydrogens is 290 g/mol. The number of nitrogens with zero attached hydrogens (tertiary/aromatic N) is 2. The number of carbonyl (C=O) groups is 1. The van der Waals surface area contributed by atoms with Gasteiger partial charge >= 0.3 is 0 Å². The molecule has 1 saturated heterocycles. The molecule has 120 valence electrons. The monoisotopic (exact) mass is 310 g/mol. The van der Waals surface area contributed by atoms with Crippen molar-refractivity contribution in [3.8, 4) is 0 Å². The Morgan fingerprint density at radius 1 is 1.14 bits per heavy atom. The third kappa shape index (κ3) is 2.85. The molecule has 0 spiro atoms. The number of benzene rings is 1. The summed E-state index contributed by atoms with van der Waals surface area (Å²) in [7, 11) is 0. The zero-order chi connectivity index (χ0) is 15.7. The van der Waals surface area contributed by atoms with Gasteiger partial charge in [-0.1, -0.05) is 6.07 Å². The van der Waals surface area contributed by atoms with Gasteiger partial charge in [-0.05, 0) is 31.4 Å². The fourth-order valence-electron chi connectivity index (χ4n) is 3.44. The maximum absolute atomic E-state index is 13.7. The average Bonchev–Trinajstić information content (AvgIpc) is 2.96. The fourth-order valence-corrected chi connectivity index (χ4v) is 3.44. The Kier molecular flexibility index (Phi) is 4.40. The second kappa shape index (κ2) is 6.30. The molecule has 4 nitrogen and oxygen atoms in total. The van der Waals surface area contributed by atoms with Crippen LogP contribution in [-0.2, 0) is 0 Å². The number of rotatable bonds is 2. The van der Waals surface area contributed by atoms with Crippen LogP contribution < -0.4 is 0 Å². The van der Waals surface area contributed by atoms with Crippen LogP contribution in [0.1, 0.15) is 29.6 Å². The lowest BCUT2D eigenvalue weighted by atomic mass is 10.1. The van der Waals surface area contributed by atoms with Crippen LogP contribution in [0.3, 0.4) is 0 Å². The van der Waals surface area contributed by atoms with E-state index in [0.29, 0.717) is 26.2 Å². The second-order valence-electron chi connectivity index (χ2n) is 6.00. The summed E-state index contributed by atoms with van der Waals surface area (Å²) >= 11 is 0. The predicted octanol–water partition coefficient (Wildman–Crippen LogP) is 1.64. The molecule has 1 saturated carbocycles. The molecule has 2 fully saturated rings. The third-order valence-corrected chi connectivity index (χ3v) is 4.70. The molecule has 2 aliphatic rings. The minimum absolute atomic E-state index is 0.170. The van der Waals surface area contributed by atoms with Crippen molar-refractivity contribution in [2.45, 2.75) is 31.4 Å². The Morgan fingerprint density at radius 3 is 2.50 bits per heavy atom. The van der Waals surface area contributed by atoms with Crippen molar-refractivity contribution in [2.75, 3.05) is 26.2 Å². The predicted molar refractivity (Wildman–Crippen MR) is 77.5 cm³/mol. The summed E-state index contributed by atoms with van der Waals surface area (Å²) in [6.45, 7) is 2.25.